The van der Waals surface area contributed by atoms with E-state index in [1.807, 2.05) is 35.2 Å². The standard InChI is InChI=1S/C18H22N2O3/c19-11-10-14-5-4-12-20(13-14)18(21)16-8-9-17(23-16)22-15-6-2-1-3-7-15/h1-3,6-9,14H,4-5,10-13,19H2. The molecule has 1 aromatic heterocycles. The number of furan rings is 1. The lowest BCUT2D eigenvalue weighted by molar-refractivity contribution is 0.0632. The van der Waals surface area contributed by atoms with Gasteiger partial charge in [0.2, 0.25) is 0 Å². The molecule has 1 aromatic carbocycles. The number of carbonyl (C=O) groups is 1. The average molecular weight is 314 g/mol. The van der Waals surface area contributed by atoms with Gasteiger partial charge in [0.15, 0.2) is 5.76 Å². The van der Waals surface area contributed by atoms with Crippen molar-refractivity contribution in [2.75, 3.05) is 19.6 Å². The highest BCUT2D eigenvalue weighted by atomic mass is 16.6. The minimum absolute atomic E-state index is 0.0744. The third-order valence-electron chi connectivity index (χ3n) is 4.13. The third-order valence-corrected chi connectivity index (χ3v) is 4.13. The number of ether oxygens (including phenoxy) is 1. The Labute approximate surface area is 136 Å². The van der Waals surface area contributed by atoms with E-state index in [0.717, 1.165) is 32.4 Å². The molecule has 0 radical (unpaired) electrons. The zero-order valence-corrected chi connectivity index (χ0v) is 13.1. The number of piperidine rings is 1. The number of para-hydroxylation sites is 1. The molecule has 0 aliphatic carbocycles. The molecular formula is C18H22N2O3. The fourth-order valence-electron chi connectivity index (χ4n) is 2.97. The second-order valence-electron chi connectivity index (χ2n) is 5.87. The number of carbonyl (C=O) groups excluding carboxylic acids is 1. The van der Waals surface area contributed by atoms with Crippen LogP contribution in [0.15, 0.2) is 46.9 Å². The highest BCUT2D eigenvalue weighted by Crippen LogP contribution is 2.26. The first-order valence-electron chi connectivity index (χ1n) is 8.08. The molecule has 122 valence electrons. The molecule has 1 amide bonds. The van der Waals surface area contributed by atoms with Crippen LogP contribution in [0.4, 0.5) is 0 Å². The molecular weight excluding hydrogens is 292 g/mol. The molecule has 2 N–H and O–H groups in total. The molecule has 2 heterocycles. The summed E-state index contributed by atoms with van der Waals surface area (Å²) in [6.07, 6.45) is 3.12. The van der Waals surface area contributed by atoms with Gasteiger partial charge >= 0.3 is 0 Å². The molecule has 0 spiro atoms. The van der Waals surface area contributed by atoms with E-state index >= 15 is 0 Å². The molecule has 3 rings (SSSR count). The van der Waals surface area contributed by atoms with Gasteiger partial charge in [0.25, 0.3) is 11.9 Å². The molecule has 1 fully saturated rings. The molecule has 2 aromatic rings. The lowest BCUT2D eigenvalue weighted by Gasteiger charge is -2.32. The van der Waals surface area contributed by atoms with Gasteiger partial charge in [-0.2, -0.15) is 0 Å². The van der Waals surface area contributed by atoms with Crippen LogP contribution >= 0.6 is 0 Å². The fourth-order valence-corrected chi connectivity index (χ4v) is 2.97. The Morgan fingerprint density at radius 1 is 1.26 bits per heavy atom. The molecule has 5 nitrogen and oxygen atoms in total. The summed E-state index contributed by atoms with van der Waals surface area (Å²) in [5, 5.41) is 0. The first-order chi connectivity index (χ1) is 11.3. The number of likely N-dealkylation sites (tertiary alicyclic amines) is 1. The van der Waals surface area contributed by atoms with Crippen molar-refractivity contribution >= 4 is 5.91 Å². The van der Waals surface area contributed by atoms with Crippen LogP contribution in [0.2, 0.25) is 0 Å². The minimum Gasteiger partial charge on any atom is -0.426 e. The molecule has 1 aliphatic rings. The Balaban J connectivity index is 1.64. The second-order valence-corrected chi connectivity index (χ2v) is 5.87. The van der Waals surface area contributed by atoms with Crippen LogP contribution in [0.3, 0.4) is 0 Å². The van der Waals surface area contributed by atoms with Crippen molar-refractivity contribution in [3.8, 4) is 11.7 Å². The summed E-state index contributed by atoms with van der Waals surface area (Å²) in [4.78, 5) is 14.4. The SMILES string of the molecule is NCCC1CCCN(C(=O)c2ccc(Oc3ccccc3)o2)C1. The Morgan fingerprint density at radius 2 is 2.09 bits per heavy atom. The zero-order chi connectivity index (χ0) is 16.1. The van der Waals surface area contributed by atoms with Crippen molar-refractivity contribution in [2.24, 2.45) is 11.7 Å². The lowest BCUT2D eigenvalue weighted by atomic mass is 9.95. The number of benzene rings is 1. The van der Waals surface area contributed by atoms with Crippen molar-refractivity contribution in [1.29, 1.82) is 0 Å². The quantitative estimate of drug-likeness (QED) is 0.919. The van der Waals surface area contributed by atoms with Crippen LogP contribution in [0.25, 0.3) is 0 Å². The van der Waals surface area contributed by atoms with Gasteiger partial charge in [0, 0.05) is 19.2 Å². The number of hydrogen-bond acceptors (Lipinski definition) is 4. The Morgan fingerprint density at radius 3 is 2.87 bits per heavy atom. The monoisotopic (exact) mass is 314 g/mol. The van der Waals surface area contributed by atoms with Crippen molar-refractivity contribution in [1.82, 2.24) is 4.90 Å². The Bertz CT molecular complexity index is 637. The lowest BCUT2D eigenvalue weighted by Crippen LogP contribution is -2.40. The van der Waals surface area contributed by atoms with E-state index < -0.39 is 0 Å². The largest absolute Gasteiger partial charge is 0.426 e. The van der Waals surface area contributed by atoms with Crippen molar-refractivity contribution in [2.45, 2.75) is 19.3 Å². The van der Waals surface area contributed by atoms with Gasteiger partial charge in [-0.25, -0.2) is 0 Å². The summed E-state index contributed by atoms with van der Waals surface area (Å²) in [6.45, 7) is 2.20. The zero-order valence-electron chi connectivity index (χ0n) is 13.1. The number of nitrogens with zero attached hydrogens (tertiary/aromatic N) is 1. The maximum Gasteiger partial charge on any atom is 0.290 e. The third kappa shape index (κ3) is 3.93. The van der Waals surface area contributed by atoms with E-state index in [4.69, 9.17) is 14.9 Å². The van der Waals surface area contributed by atoms with Gasteiger partial charge in [-0.05, 0) is 49.9 Å². The van der Waals surface area contributed by atoms with E-state index in [9.17, 15) is 4.79 Å². The van der Waals surface area contributed by atoms with Gasteiger partial charge < -0.3 is 19.8 Å². The van der Waals surface area contributed by atoms with Crippen LogP contribution < -0.4 is 10.5 Å². The highest BCUT2D eigenvalue weighted by molar-refractivity contribution is 5.91. The molecule has 0 bridgehead atoms. The predicted molar refractivity (Wildman–Crippen MR) is 87.5 cm³/mol. The van der Waals surface area contributed by atoms with Gasteiger partial charge in [-0.1, -0.05) is 18.2 Å². The summed E-state index contributed by atoms with van der Waals surface area (Å²) in [6, 6.07) is 12.7. The number of rotatable bonds is 5. The van der Waals surface area contributed by atoms with E-state index in [-0.39, 0.29) is 5.91 Å². The summed E-state index contributed by atoms with van der Waals surface area (Å²) in [5.41, 5.74) is 5.63. The van der Waals surface area contributed by atoms with Gasteiger partial charge in [-0.3, -0.25) is 4.79 Å². The molecule has 1 saturated heterocycles. The second kappa shape index (κ2) is 7.33. The van der Waals surface area contributed by atoms with Crippen molar-refractivity contribution in [3.05, 3.63) is 48.2 Å². The molecule has 5 heteroatoms. The smallest absolute Gasteiger partial charge is 0.290 e. The van der Waals surface area contributed by atoms with Crippen LogP contribution in [-0.4, -0.2) is 30.4 Å². The fraction of sp³-hybridized carbons (Fsp3) is 0.389. The van der Waals surface area contributed by atoms with E-state index in [2.05, 4.69) is 0 Å². The first kappa shape index (κ1) is 15.6. The molecule has 1 aliphatic heterocycles. The molecule has 23 heavy (non-hydrogen) atoms. The number of amides is 1. The van der Waals surface area contributed by atoms with E-state index in [1.165, 1.54) is 0 Å². The van der Waals surface area contributed by atoms with Crippen LogP contribution in [-0.2, 0) is 0 Å². The summed E-state index contributed by atoms with van der Waals surface area (Å²) >= 11 is 0. The topological polar surface area (TPSA) is 68.7 Å². The molecule has 1 atom stereocenters. The first-order valence-corrected chi connectivity index (χ1v) is 8.08. The molecule has 1 unspecified atom stereocenters. The predicted octanol–water partition coefficient (Wildman–Crippen LogP) is 3.27. The van der Waals surface area contributed by atoms with Crippen molar-refractivity contribution in [3.63, 3.8) is 0 Å². The van der Waals surface area contributed by atoms with Crippen molar-refractivity contribution < 1.29 is 13.9 Å². The molecule has 0 saturated carbocycles. The van der Waals surface area contributed by atoms with Gasteiger partial charge in [0.1, 0.15) is 5.75 Å². The Hall–Kier alpha value is -2.27. The summed E-state index contributed by atoms with van der Waals surface area (Å²) in [7, 11) is 0. The maximum atomic E-state index is 12.6. The Kier molecular flexibility index (Phi) is 4.98. The van der Waals surface area contributed by atoms with Gasteiger partial charge in [0.05, 0.1) is 0 Å². The van der Waals surface area contributed by atoms with Crippen LogP contribution in [0.5, 0.6) is 11.7 Å². The highest BCUT2D eigenvalue weighted by Gasteiger charge is 2.26. The minimum atomic E-state index is -0.0744. The summed E-state index contributed by atoms with van der Waals surface area (Å²) in [5.74, 6) is 1.75. The summed E-state index contributed by atoms with van der Waals surface area (Å²) < 4.78 is 11.2. The van der Waals surface area contributed by atoms with Crippen LogP contribution in [0.1, 0.15) is 29.8 Å². The van der Waals surface area contributed by atoms with E-state index in [1.54, 1.807) is 12.1 Å². The average Bonchev–Trinajstić information content (AvgIpc) is 3.04. The van der Waals surface area contributed by atoms with E-state index in [0.29, 0.717) is 29.9 Å². The maximum absolute atomic E-state index is 12.6. The van der Waals surface area contributed by atoms with Gasteiger partial charge in [-0.15, -0.1) is 0 Å². The van der Waals surface area contributed by atoms with Crippen LogP contribution in [0, 0.1) is 5.92 Å². The normalized spacial score (nSPS) is 18.0. The number of hydrogen-bond donors (Lipinski definition) is 1. The number of nitrogens with two attached hydrogens (primary N) is 1.